The van der Waals surface area contributed by atoms with Crippen LogP contribution in [0.3, 0.4) is 0 Å². The number of carbonyl (C=O) groups excluding carboxylic acids is 8. The Balaban J connectivity index is 3.05. The maximum Gasteiger partial charge on any atom is 0.326 e. The average Bonchev–Trinajstić information content (AvgIpc) is 3.25. The first-order valence-electron chi connectivity index (χ1n) is 21.3. The number of aliphatic carboxylic acids is 1. The number of benzene rings is 1. The second kappa shape index (κ2) is 30.9. The van der Waals surface area contributed by atoms with Crippen molar-refractivity contribution in [2.24, 2.45) is 50.1 Å². The number of amides is 8. The van der Waals surface area contributed by atoms with E-state index >= 15 is 0 Å². The summed E-state index contributed by atoms with van der Waals surface area (Å²) in [7, 11) is 0. The van der Waals surface area contributed by atoms with E-state index in [4.69, 9.17) is 40.1 Å². The fourth-order valence-electron chi connectivity index (χ4n) is 5.98. The molecule has 0 unspecified atom stereocenters. The Morgan fingerprint density at radius 2 is 1.05 bits per heavy atom. The third-order valence-corrected chi connectivity index (χ3v) is 9.61. The molecule has 0 saturated heterocycles. The topological polar surface area (TPSA) is 465 Å². The molecule has 8 amide bonds. The molecule has 26 nitrogen and oxygen atoms in total. The average molecular weight is 933 g/mol. The van der Waals surface area contributed by atoms with E-state index in [1.807, 2.05) is 6.07 Å². The van der Waals surface area contributed by atoms with E-state index in [2.05, 4.69) is 47.2 Å². The number of nitrogens with two attached hydrogens (primary N) is 7. The van der Waals surface area contributed by atoms with Gasteiger partial charge in [-0.05, 0) is 83.7 Å². The summed E-state index contributed by atoms with van der Waals surface area (Å²) in [5.74, 6) is -8.12. The summed E-state index contributed by atoms with van der Waals surface area (Å²) in [6, 6.07) is 0.353. The summed E-state index contributed by atoms with van der Waals surface area (Å²) < 4.78 is 0. The third kappa shape index (κ3) is 24.1. The van der Waals surface area contributed by atoms with Gasteiger partial charge in [0, 0.05) is 19.5 Å². The van der Waals surface area contributed by atoms with Crippen LogP contribution in [0.1, 0.15) is 77.2 Å². The van der Waals surface area contributed by atoms with Crippen LogP contribution >= 0.6 is 0 Å². The summed E-state index contributed by atoms with van der Waals surface area (Å²) in [6.07, 6.45) is 0.826. The molecule has 0 saturated carbocycles. The number of carbonyl (C=O) groups is 9. The molecule has 0 aliphatic heterocycles. The van der Waals surface area contributed by atoms with Gasteiger partial charge in [0.2, 0.25) is 47.3 Å². The van der Waals surface area contributed by atoms with Crippen LogP contribution in [0.5, 0.6) is 0 Å². The summed E-state index contributed by atoms with van der Waals surface area (Å²) in [4.78, 5) is 123. The number of carboxylic acid groups (broad SMARTS) is 1. The molecule has 66 heavy (non-hydrogen) atoms. The van der Waals surface area contributed by atoms with E-state index in [0.29, 0.717) is 12.8 Å². The van der Waals surface area contributed by atoms with Gasteiger partial charge in [-0.1, -0.05) is 30.3 Å². The van der Waals surface area contributed by atoms with Crippen LogP contribution in [0, 0.1) is 0 Å². The second-order valence-electron chi connectivity index (χ2n) is 15.3. The molecule has 0 fully saturated rings. The van der Waals surface area contributed by atoms with Crippen molar-refractivity contribution >= 4 is 65.1 Å². The van der Waals surface area contributed by atoms with E-state index in [-0.39, 0.29) is 82.9 Å². The Morgan fingerprint density at radius 1 is 0.576 bits per heavy atom. The van der Waals surface area contributed by atoms with Crippen molar-refractivity contribution in [2.45, 2.75) is 120 Å². The first kappa shape index (κ1) is 56.9. The van der Waals surface area contributed by atoms with Crippen LogP contribution in [-0.2, 0) is 49.6 Å². The molecule has 1 rings (SSSR count). The van der Waals surface area contributed by atoms with E-state index in [1.54, 1.807) is 24.3 Å². The number of guanidine groups is 2. The Labute approximate surface area is 382 Å². The summed E-state index contributed by atoms with van der Waals surface area (Å²) >= 11 is 0. The van der Waals surface area contributed by atoms with Crippen LogP contribution in [0.25, 0.3) is 0 Å². The number of rotatable bonds is 32. The first-order valence-corrected chi connectivity index (χ1v) is 21.3. The minimum absolute atomic E-state index is 0.0102. The molecule has 0 radical (unpaired) electrons. The lowest BCUT2D eigenvalue weighted by Crippen LogP contribution is -2.58. The van der Waals surface area contributed by atoms with E-state index in [9.17, 15) is 48.3 Å². The molecule has 1 aromatic carbocycles. The van der Waals surface area contributed by atoms with Crippen molar-refractivity contribution in [1.82, 2.24) is 37.2 Å². The van der Waals surface area contributed by atoms with Crippen molar-refractivity contribution in [1.29, 1.82) is 0 Å². The summed E-state index contributed by atoms with van der Waals surface area (Å²) in [6.45, 7) is 2.48. The number of nitrogens with zero attached hydrogens (tertiary/aromatic N) is 2. The zero-order valence-electron chi connectivity index (χ0n) is 37.4. The smallest absolute Gasteiger partial charge is 0.326 e. The van der Waals surface area contributed by atoms with Gasteiger partial charge in [-0.25, -0.2) is 4.79 Å². The number of aliphatic imine (C=N–C) groups is 2. The minimum Gasteiger partial charge on any atom is -0.480 e. The van der Waals surface area contributed by atoms with Crippen LogP contribution < -0.4 is 77.4 Å². The molecular formula is C40H68N16O10. The zero-order valence-corrected chi connectivity index (χ0v) is 37.4. The van der Waals surface area contributed by atoms with E-state index in [1.165, 1.54) is 13.8 Å². The Bertz CT molecular complexity index is 1840. The standard InChI is InChI=1S/C40H68N16O10/c1-22(32(59)53-28(14-9-19-49-40(46)47)37(64)56-29(38(65)66)15-16-30(43)57)51-31(58)21-50-35(62)26(12-6-7-17-41)55-36(63)27(13-8-18-48-39(44)45)54-33(60)23(2)52-34(61)25(42)20-24-10-4-3-5-11-24/h3-5,10-11,22-23,25-29H,6-9,12-21,41-42H2,1-2H3,(H2,43,57)(H,50,62)(H,51,58)(H,52,61)(H,53,59)(H,54,60)(H,55,63)(H,56,64)(H,65,66)(H4,44,45,48)(H4,46,47,49)/t22-,23-,25-,26-,27-,28-,29-/m0/s1. The van der Waals surface area contributed by atoms with Crippen molar-refractivity contribution in [3.8, 4) is 0 Å². The quantitative estimate of drug-likeness (QED) is 0.0182. The molecule has 368 valence electrons. The first-order chi connectivity index (χ1) is 31.1. The highest BCUT2D eigenvalue weighted by molar-refractivity contribution is 5.96. The molecule has 0 aliphatic rings. The highest BCUT2D eigenvalue weighted by atomic mass is 16.4. The van der Waals surface area contributed by atoms with Gasteiger partial charge in [0.25, 0.3) is 0 Å². The minimum atomic E-state index is -1.51. The highest BCUT2D eigenvalue weighted by Gasteiger charge is 2.31. The number of carboxylic acids is 1. The molecule has 1 aromatic rings. The SMILES string of the molecule is C[C@H](NC(=O)CNC(=O)[C@H](CCCCN)NC(=O)[C@H](CCCN=C(N)N)NC(=O)[C@H](C)NC(=O)[C@@H](N)Cc1ccccc1)C(=O)N[C@@H](CCCN=C(N)N)C(=O)N[C@@H](CCC(N)=O)C(=O)O. The fraction of sp³-hybridized carbons (Fsp3) is 0.575. The predicted octanol–water partition coefficient (Wildman–Crippen LogP) is -5.79. The van der Waals surface area contributed by atoms with Gasteiger partial charge in [-0.2, -0.15) is 0 Å². The molecular weight excluding hydrogens is 865 g/mol. The van der Waals surface area contributed by atoms with Gasteiger partial charge in [-0.15, -0.1) is 0 Å². The van der Waals surface area contributed by atoms with Crippen LogP contribution in [0.15, 0.2) is 40.3 Å². The van der Waals surface area contributed by atoms with Gasteiger partial charge in [0.05, 0.1) is 12.6 Å². The maximum absolute atomic E-state index is 13.7. The summed E-state index contributed by atoms with van der Waals surface area (Å²) in [5, 5.41) is 26.8. The number of nitrogens with one attached hydrogen (secondary N) is 7. The monoisotopic (exact) mass is 933 g/mol. The highest BCUT2D eigenvalue weighted by Crippen LogP contribution is 2.07. The molecule has 0 aromatic heterocycles. The normalized spacial score (nSPS) is 13.9. The lowest BCUT2D eigenvalue weighted by atomic mass is 10.1. The molecule has 0 aliphatic carbocycles. The van der Waals surface area contributed by atoms with Crippen LogP contribution in [0.4, 0.5) is 0 Å². The van der Waals surface area contributed by atoms with Crippen molar-refractivity contribution < 1.29 is 48.3 Å². The van der Waals surface area contributed by atoms with Gasteiger partial charge >= 0.3 is 5.97 Å². The van der Waals surface area contributed by atoms with Gasteiger partial charge in [0.15, 0.2) is 11.9 Å². The van der Waals surface area contributed by atoms with E-state index < -0.39 is 102 Å². The lowest BCUT2D eigenvalue weighted by molar-refractivity contribution is -0.142. The van der Waals surface area contributed by atoms with Crippen LogP contribution in [-0.4, -0.2) is 139 Å². The molecule has 26 heteroatoms. The zero-order chi connectivity index (χ0) is 49.8. The van der Waals surface area contributed by atoms with Gasteiger partial charge in [-0.3, -0.25) is 48.3 Å². The largest absolute Gasteiger partial charge is 0.480 e. The number of primary amides is 1. The number of unbranched alkanes of at least 4 members (excludes halogenated alkanes) is 1. The Kier molecular flexibility index (Phi) is 26.7. The summed E-state index contributed by atoms with van der Waals surface area (Å²) in [5.41, 5.74) is 39.2. The molecule has 0 bridgehead atoms. The lowest BCUT2D eigenvalue weighted by Gasteiger charge is -2.25. The number of hydrogen-bond acceptors (Lipinski definition) is 13. The Hall–Kier alpha value is -7.09. The Morgan fingerprint density at radius 3 is 1.53 bits per heavy atom. The van der Waals surface area contributed by atoms with Crippen molar-refractivity contribution in [3.05, 3.63) is 35.9 Å². The maximum atomic E-state index is 13.7. The second-order valence-corrected chi connectivity index (χ2v) is 15.3. The molecule has 7 atom stereocenters. The van der Waals surface area contributed by atoms with E-state index in [0.717, 1.165) is 5.56 Å². The molecule has 22 N–H and O–H groups in total. The van der Waals surface area contributed by atoms with Crippen molar-refractivity contribution in [2.75, 3.05) is 26.2 Å². The number of hydrogen-bond donors (Lipinski definition) is 15. The predicted molar refractivity (Wildman–Crippen MR) is 243 cm³/mol. The van der Waals surface area contributed by atoms with Gasteiger partial charge < -0.3 is 82.5 Å². The molecule has 0 heterocycles. The van der Waals surface area contributed by atoms with Crippen molar-refractivity contribution in [3.63, 3.8) is 0 Å². The van der Waals surface area contributed by atoms with Gasteiger partial charge in [0.1, 0.15) is 36.3 Å². The third-order valence-electron chi connectivity index (χ3n) is 9.61. The molecule has 0 spiro atoms. The van der Waals surface area contributed by atoms with Crippen LogP contribution in [0.2, 0.25) is 0 Å². The fourth-order valence-corrected chi connectivity index (χ4v) is 5.98.